The molecule has 1 atom stereocenters. The number of amides is 1. The van der Waals surface area contributed by atoms with Gasteiger partial charge in [-0.2, -0.15) is 0 Å². The minimum absolute atomic E-state index is 0.116. The van der Waals surface area contributed by atoms with Crippen LogP contribution in [0.2, 0.25) is 0 Å². The number of nitrogens with zero attached hydrogens (tertiary/aromatic N) is 1. The molecule has 1 amide bonds. The summed E-state index contributed by atoms with van der Waals surface area (Å²) in [4.78, 5) is 23.5. The van der Waals surface area contributed by atoms with Gasteiger partial charge in [0.15, 0.2) is 6.10 Å². The van der Waals surface area contributed by atoms with Crippen LogP contribution in [0, 0.1) is 0 Å². The second kappa shape index (κ2) is 6.58. The molecule has 1 aromatic rings. The van der Waals surface area contributed by atoms with E-state index in [2.05, 4.69) is 0 Å². The van der Waals surface area contributed by atoms with Crippen LogP contribution in [0.25, 0.3) is 6.08 Å². The molecule has 0 aliphatic rings. The first kappa shape index (κ1) is 14.8. The van der Waals surface area contributed by atoms with Crippen LogP contribution >= 0.6 is 0 Å². The maximum Gasteiger partial charge on any atom is 0.328 e. The first-order valence-corrected chi connectivity index (χ1v) is 5.79. The Morgan fingerprint density at radius 3 is 2.32 bits per heavy atom. The van der Waals surface area contributed by atoms with Gasteiger partial charge in [-0.15, -0.1) is 0 Å². The summed E-state index contributed by atoms with van der Waals surface area (Å²) in [5.41, 5.74) is 0.751. The quantitative estimate of drug-likeness (QED) is 0.820. The molecule has 0 radical (unpaired) electrons. The predicted molar refractivity (Wildman–Crippen MR) is 71.9 cm³/mol. The third-order valence-corrected chi connectivity index (χ3v) is 2.40. The van der Waals surface area contributed by atoms with Crippen molar-refractivity contribution in [1.82, 2.24) is 4.90 Å². The minimum atomic E-state index is -0.995. The molecule has 0 saturated heterocycles. The number of hydrogen-bond acceptors (Lipinski definition) is 3. The van der Waals surface area contributed by atoms with Gasteiger partial charge >= 0.3 is 5.97 Å². The van der Waals surface area contributed by atoms with E-state index in [0.29, 0.717) is 5.75 Å². The molecule has 0 aromatic heterocycles. The van der Waals surface area contributed by atoms with Crippen LogP contribution < -0.4 is 4.74 Å². The highest BCUT2D eigenvalue weighted by Gasteiger charge is 2.16. The Labute approximate surface area is 112 Å². The Balaban J connectivity index is 2.67. The second-order valence-electron chi connectivity index (χ2n) is 4.23. The van der Waals surface area contributed by atoms with E-state index < -0.39 is 12.1 Å². The molecule has 0 aliphatic carbocycles. The molecular formula is C14H17NO4. The van der Waals surface area contributed by atoms with Crippen LogP contribution in [0.1, 0.15) is 12.5 Å². The number of carboxylic acid groups (broad SMARTS) is 1. The van der Waals surface area contributed by atoms with Gasteiger partial charge in [0.05, 0.1) is 0 Å². The second-order valence-corrected chi connectivity index (χ2v) is 4.23. The van der Waals surface area contributed by atoms with E-state index in [1.54, 1.807) is 45.3 Å². The van der Waals surface area contributed by atoms with Gasteiger partial charge in [-0.1, -0.05) is 12.1 Å². The van der Waals surface area contributed by atoms with Crippen LogP contribution in [0.15, 0.2) is 30.3 Å². The van der Waals surface area contributed by atoms with Gasteiger partial charge < -0.3 is 14.7 Å². The fraction of sp³-hybridized carbons (Fsp3) is 0.286. The molecular weight excluding hydrogens is 246 g/mol. The lowest BCUT2D eigenvalue weighted by molar-refractivity contribution is -0.135. The zero-order chi connectivity index (χ0) is 14.4. The summed E-state index contributed by atoms with van der Waals surface area (Å²) in [6.07, 6.45) is 1.99. The van der Waals surface area contributed by atoms with E-state index in [1.165, 1.54) is 11.0 Å². The van der Waals surface area contributed by atoms with Gasteiger partial charge in [0, 0.05) is 20.2 Å². The van der Waals surface area contributed by atoms with E-state index in [-0.39, 0.29) is 5.91 Å². The lowest BCUT2D eigenvalue weighted by Gasteiger charge is -2.18. The molecule has 0 spiro atoms. The lowest BCUT2D eigenvalue weighted by atomic mass is 10.2. The van der Waals surface area contributed by atoms with Crippen LogP contribution in [0.4, 0.5) is 0 Å². The molecule has 0 saturated carbocycles. The molecule has 0 bridgehead atoms. The smallest absolute Gasteiger partial charge is 0.328 e. The zero-order valence-corrected chi connectivity index (χ0v) is 11.2. The van der Waals surface area contributed by atoms with Gasteiger partial charge in [0.25, 0.3) is 5.91 Å². The lowest BCUT2D eigenvalue weighted by Crippen LogP contribution is -2.35. The normalized spacial score (nSPS) is 12.2. The molecule has 0 fully saturated rings. The van der Waals surface area contributed by atoms with Gasteiger partial charge in [0.1, 0.15) is 5.75 Å². The molecule has 0 aliphatic heterocycles. The summed E-state index contributed by atoms with van der Waals surface area (Å²) < 4.78 is 5.49. The van der Waals surface area contributed by atoms with Gasteiger partial charge in [-0.05, 0) is 30.7 Å². The fourth-order valence-electron chi connectivity index (χ4n) is 1.44. The molecule has 1 aromatic carbocycles. The molecule has 1 N–H and O–H groups in total. The van der Waals surface area contributed by atoms with E-state index in [1.807, 2.05) is 0 Å². The minimum Gasteiger partial charge on any atom is -0.481 e. The van der Waals surface area contributed by atoms with Gasteiger partial charge in [0.2, 0.25) is 0 Å². The number of likely N-dealkylation sites (N-methyl/N-ethyl adjacent to an activating group) is 1. The average Bonchev–Trinajstić information content (AvgIpc) is 2.36. The predicted octanol–water partition coefficient (Wildman–Crippen LogP) is 1.64. The summed E-state index contributed by atoms with van der Waals surface area (Å²) >= 11 is 0. The van der Waals surface area contributed by atoms with Crippen LogP contribution in [0.5, 0.6) is 5.75 Å². The Bertz CT molecular complexity index is 477. The number of rotatable bonds is 5. The Morgan fingerprint density at radius 2 is 1.84 bits per heavy atom. The van der Waals surface area contributed by atoms with Gasteiger partial charge in [-0.25, -0.2) is 4.79 Å². The maximum absolute atomic E-state index is 11.6. The Morgan fingerprint density at radius 1 is 1.26 bits per heavy atom. The summed E-state index contributed by atoms with van der Waals surface area (Å²) in [6, 6.07) is 6.84. The van der Waals surface area contributed by atoms with Crippen molar-refractivity contribution in [2.24, 2.45) is 0 Å². The van der Waals surface area contributed by atoms with E-state index in [4.69, 9.17) is 9.84 Å². The molecule has 1 rings (SSSR count). The number of carboxylic acids is 1. The van der Waals surface area contributed by atoms with Crippen LogP contribution in [-0.4, -0.2) is 42.1 Å². The topological polar surface area (TPSA) is 66.8 Å². The number of aliphatic carboxylic acids is 1. The van der Waals surface area contributed by atoms with Crippen molar-refractivity contribution in [1.29, 1.82) is 0 Å². The number of ether oxygens (including phenoxy) is 1. The molecule has 102 valence electrons. The number of benzene rings is 1. The maximum atomic E-state index is 11.6. The summed E-state index contributed by atoms with van der Waals surface area (Å²) in [5, 5.41) is 8.51. The monoisotopic (exact) mass is 263 g/mol. The van der Waals surface area contributed by atoms with E-state index in [0.717, 1.165) is 11.6 Å². The standard InChI is InChI=1S/C14H17NO4/c1-10(14(18)15(2)3)19-12-7-4-11(5-8-12)6-9-13(16)17/h4-10H,1-3H3,(H,16,17)/b9-6+. The molecule has 5 nitrogen and oxygen atoms in total. The average molecular weight is 263 g/mol. The third-order valence-electron chi connectivity index (χ3n) is 2.40. The summed E-state index contributed by atoms with van der Waals surface area (Å²) in [6.45, 7) is 1.68. The molecule has 19 heavy (non-hydrogen) atoms. The fourth-order valence-corrected chi connectivity index (χ4v) is 1.44. The number of hydrogen-bond donors (Lipinski definition) is 1. The van der Waals surface area contributed by atoms with Gasteiger partial charge in [-0.3, -0.25) is 4.79 Å². The number of carbonyl (C=O) groups is 2. The summed E-state index contributed by atoms with van der Waals surface area (Å²) in [5.74, 6) is -0.546. The highest BCUT2D eigenvalue weighted by molar-refractivity contribution is 5.85. The highest BCUT2D eigenvalue weighted by Crippen LogP contribution is 2.15. The van der Waals surface area contributed by atoms with Crippen molar-refractivity contribution in [3.63, 3.8) is 0 Å². The molecule has 5 heteroatoms. The number of carbonyl (C=O) groups excluding carboxylic acids is 1. The molecule has 0 heterocycles. The Hall–Kier alpha value is -2.30. The van der Waals surface area contributed by atoms with Crippen molar-refractivity contribution in [2.45, 2.75) is 13.0 Å². The van der Waals surface area contributed by atoms with E-state index in [9.17, 15) is 9.59 Å². The highest BCUT2D eigenvalue weighted by atomic mass is 16.5. The van der Waals surface area contributed by atoms with Crippen molar-refractivity contribution >= 4 is 18.0 Å². The third kappa shape index (κ3) is 4.83. The van der Waals surface area contributed by atoms with E-state index >= 15 is 0 Å². The molecule has 1 unspecified atom stereocenters. The first-order chi connectivity index (χ1) is 8.90. The van der Waals surface area contributed by atoms with Crippen LogP contribution in [-0.2, 0) is 9.59 Å². The van der Waals surface area contributed by atoms with Crippen molar-refractivity contribution < 1.29 is 19.4 Å². The Kier molecular flexibility index (Phi) is 5.11. The van der Waals surface area contributed by atoms with Crippen LogP contribution in [0.3, 0.4) is 0 Å². The van der Waals surface area contributed by atoms with Crippen molar-refractivity contribution in [2.75, 3.05) is 14.1 Å². The SMILES string of the molecule is CC(Oc1ccc(/C=C/C(=O)O)cc1)C(=O)N(C)C. The summed E-state index contributed by atoms with van der Waals surface area (Å²) in [7, 11) is 3.34. The van der Waals surface area contributed by atoms with Crippen molar-refractivity contribution in [3.8, 4) is 5.75 Å². The first-order valence-electron chi connectivity index (χ1n) is 5.79. The largest absolute Gasteiger partial charge is 0.481 e. The van der Waals surface area contributed by atoms with Crippen molar-refractivity contribution in [3.05, 3.63) is 35.9 Å². The zero-order valence-electron chi connectivity index (χ0n) is 11.2.